The van der Waals surface area contributed by atoms with E-state index in [1.54, 1.807) is 0 Å². The first-order chi connectivity index (χ1) is 5.02. The summed E-state index contributed by atoms with van der Waals surface area (Å²) >= 11 is 0. The Hall–Kier alpha value is -0.120. The molecular weight excluding hydrogens is 140 g/mol. The van der Waals surface area contributed by atoms with E-state index in [9.17, 15) is 5.11 Å². The van der Waals surface area contributed by atoms with Crippen LogP contribution in [0.2, 0.25) is 0 Å². The van der Waals surface area contributed by atoms with Gasteiger partial charge in [-0.3, -0.25) is 0 Å². The number of likely N-dealkylation sites (N-methyl/N-ethyl adjacent to an activating group) is 2. The first-order valence-electron chi connectivity index (χ1n) is 4.07. The van der Waals surface area contributed by atoms with E-state index in [0.717, 1.165) is 26.1 Å². The summed E-state index contributed by atoms with van der Waals surface area (Å²) in [5.41, 5.74) is -0.460. The maximum Gasteiger partial charge on any atom is 0.0911 e. The Morgan fingerprint density at radius 1 is 1.55 bits per heavy atom. The number of β-amino-alcohol motifs (C(OH)–C–C–N with tert-alkyl or cyclic N) is 1. The Morgan fingerprint density at radius 3 is 2.55 bits per heavy atom. The second-order valence-corrected chi connectivity index (χ2v) is 3.95. The van der Waals surface area contributed by atoms with Gasteiger partial charge in [0.25, 0.3) is 0 Å². The van der Waals surface area contributed by atoms with E-state index in [1.807, 2.05) is 26.0 Å². The average molecular weight is 158 g/mol. The monoisotopic (exact) mass is 158 g/mol. The lowest BCUT2D eigenvalue weighted by atomic mass is 10.0. The van der Waals surface area contributed by atoms with Crippen LogP contribution in [-0.2, 0) is 0 Å². The van der Waals surface area contributed by atoms with E-state index < -0.39 is 5.60 Å². The Labute approximate surface area is 68.6 Å². The zero-order valence-electron chi connectivity index (χ0n) is 7.67. The van der Waals surface area contributed by atoms with Crippen LogP contribution in [-0.4, -0.2) is 61.3 Å². The second kappa shape index (κ2) is 3.09. The minimum absolute atomic E-state index is 0.460. The summed E-state index contributed by atoms with van der Waals surface area (Å²) in [4.78, 5) is 4.21. The number of nitrogens with zero attached hydrogens (tertiary/aromatic N) is 2. The quantitative estimate of drug-likeness (QED) is 0.593. The van der Waals surface area contributed by atoms with Gasteiger partial charge in [-0.15, -0.1) is 0 Å². The van der Waals surface area contributed by atoms with Crippen LogP contribution in [0.5, 0.6) is 0 Å². The van der Waals surface area contributed by atoms with E-state index >= 15 is 0 Å². The fourth-order valence-electron chi connectivity index (χ4n) is 1.78. The van der Waals surface area contributed by atoms with E-state index in [4.69, 9.17) is 0 Å². The van der Waals surface area contributed by atoms with Crippen molar-refractivity contribution in [3.05, 3.63) is 0 Å². The standard InChI is InChI=1S/C8H18N2O/c1-9(2)6-8(11)4-5-10(3)7-8/h11H,4-7H2,1-3H3. The van der Waals surface area contributed by atoms with Crippen molar-refractivity contribution in [3.63, 3.8) is 0 Å². The number of likely N-dealkylation sites (tertiary alicyclic amines) is 1. The van der Waals surface area contributed by atoms with Crippen LogP contribution < -0.4 is 0 Å². The van der Waals surface area contributed by atoms with Gasteiger partial charge in [-0.1, -0.05) is 0 Å². The summed E-state index contributed by atoms with van der Waals surface area (Å²) in [6, 6.07) is 0. The van der Waals surface area contributed by atoms with Crippen LogP contribution in [0.3, 0.4) is 0 Å². The summed E-state index contributed by atoms with van der Waals surface area (Å²) in [7, 11) is 6.04. The molecule has 0 radical (unpaired) electrons. The number of rotatable bonds is 2. The first kappa shape index (κ1) is 8.97. The molecule has 1 unspecified atom stereocenters. The largest absolute Gasteiger partial charge is 0.387 e. The molecule has 0 aromatic heterocycles. The maximum absolute atomic E-state index is 9.95. The molecule has 1 aliphatic heterocycles. The predicted octanol–water partition coefficient (Wildman–Crippen LogP) is -0.385. The van der Waals surface area contributed by atoms with Gasteiger partial charge in [-0.05, 0) is 27.6 Å². The van der Waals surface area contributed by atoms with Gasteiger partial charge in [0.05, 0.1) is 5.60 Å². The minimum Gasteiger partial charge on any atom is -0.387 e. The van der Waals surface area contributed by atoms with Crippen LogP contribution >= 0.6 is 0 Å². The van der Waals surface area contributed by atoms with Gasteiger partial charge in [0.1, 0.15) is 0 Å². The highest BCUT2D eigenvalue weighted by atomic mass is 16.3. The number of hydrogen-bond donors (Lipinski definition) is 1. The highest BCUT2D eigenvalue weighted by Gasteiger charge is 2.34. The normalized spacial score (nSPS) is 33.5. The van der Waals surface area contributed by atoms with Crippen molar-refractivity contribution in [1.29, 1.82) is 0 Å². The van der Waals surface area contributed by atoms with E-state index in [0.29, 0.717) is 0 Å². The molecule has 1 rings (SSSR count). The molecule has 0 bridgehead atoms. The molecule has 1 heterocycles. The van der Waals surface area contributed by atoms with Gasteiger partial charge in [0.15, 0.2) is 0 Å². The Morgan fingerprint density at radius 2 is 2.18 bits per heavy atom. The van der Waals surface area contributed by atoms with Crippen LogP contribution in [0.1, 0.15) is 6.42 Å². The van der Waals surface area contributed by atoms with Crippen molar-refractivity contribution in [2.45, 2.75) is 12.0 Å². The molecule has 11 heavy (non-hydrogen) atoms. The molecule has 66 valence electrons. The lowest BCUT2D eigenvalue weighted by Gasteiger charge is -2.25. The Balaban J connectivity index is 2.42. The SMILES string of the molecule is CN(C)CC1(O)CCN(C)C1. The fraction of sp³-hybridized carbons (Fsp3) is 1.00. The molecule has 1 fully saturated rings. The molecule has 1 saturated heterocycles. The van der Waals surface area contributed by atoms with Gasteiger partial charge >= 0.3 is 0 Å². The van der Waals surface area contributed by atoms with E-state index in [-0.39, 0.29) is 0 Å². The lowest BCUT2D eigenvalue weighted by Crippen LogP contribution is -2.41. The Bertz CT molecular complexity index is 138. The van der Waals surface area contributed by atoms with Crippen molar-refractivity contribution in [2.75, 3.05) is 40.8 Å². The highest BCUT2D eigenvalue weighted by Crippen LogP contribution is 2.19. The predicted molar refractivity (Wildman–Crippen MR) is 45.6 cm³/mol. The molecule has 3 heteroatoms. The molecule has 1 aliphatic rings. The third-order valence-corrected chi connectivity index (χ3v) is 2.13. The topological polar surface area (TPSA) is 26.7 Å². The molecule has 3 nitrogen and oxygen atoms in total. The molecule has 0 aromatic carbocycles. The van der Waals surface area contributed by atoms with Gasteiger partial charge in [0, 0.05) is 19.6 Å². The molecular formula is C8H18N2O. The highest BCUT2D eigenvalue weighted by molar-refractivity contribution is 4.90. The first-order valence-corrected chi connectivity index (χ1v) is 4.07. The van der Waals surface area contributed by atoms with Gasteiger partial charge < -0.3 is 14.9 Å². The Kier molecular flexibility index (Phi) is 2.52. The fourth-order valence-corrected chi connectivity index (χ4v) is 1.78. The van der Waals surface area contributed by atoms with Gasteiger partial charge in [-0.25, -0.2) is 0 Å². The smallest absolute Gasteiger partial charge is 0.0911 e. The zero-order chi connectivity index (χ0) is 8.48. The van der Waals surface area contributed by atoms with Gasteiger partial charge in [-0.2, -0.15) is 0 Å². The molecule has 0 saturated carbocycles. The van der Waals surface area contributed by atoms with Crippen LogP contribution in [0.15, 0.2) is 0 Å². The summed E-state index contributed by atoms with van der Waals surface area (Å²) in [5, 5.41) is 9.95. The maximum atomic E-state index is 9.95. The van der Waals surface area contributed by atoms with Crippen molar-refractivity contribution >= 4 is 0 Å². The molecule has 0 spiro atoms. The van der Waals surface area contributed by atoms with Crippen molar-refractivity contribution in [1.82, 2.24) is 9.80 Å². The second-order valence-electron chi connectivity index (χ2n) is 3.95. The van der Waals surface area contributed by atoms with E-state index in [2.05, 4.69) is 4.90 Å². The minimum atomic E-state index is -0.460. The summed E-state index contributed by atoms with van der Waals surface area (Å²) < 4.78 is 0. The molecule has 1 atom stereocenters. The van der Waals surface area contributed by atoms with Gasteiger partial charge in [0.2, 0.25) is 0 Å². The summed E-state index contributed by atoms with van der Waals surface area (Å²) in [5.74, 6) is 0. The zero-order valence-corrected chi connectivity index (χ0v) is 7.67. The molecule has 0 aliphatic carbocycles. The third-order valence-electron chi connectivity index (χ3n) is 2.13. The number of hydrogen-bond acceptors (Lipinski definition) is 3. The molecule has 1 N–H and O–H groups in total. The van der Waals surface area contributed by atoms with Crippen molar-refractivity contribution < 1.29 is 5.11 Å². The number of aliphatic hydroxyl groups is 1. The van der Waals surface area contributed by atoms with Crippen LogP contribution in [0, 0.1) is 0 Å². The average Bonchev–Trinajstić information content (AvgIpc) is 2.08. The lowest BCUT2D eigenvalue weighted by molar-refractivity contribution is 0.0268. The third kappa shape index (κ3) is 2.43. The van der Waals surface area contributed by atoms with Crippen molar-refractivity contribution in [3.8, 4) is 0 Å². The van der Waals surface area contributed by atoms with Crippen molar-refractivity contribution in [2.24, 2.45) is 0 Å². The molecule has 0 amide bonds. The van der Waals surface area contributed by atoms with Crippen LogP contribution in [0.25, 0.3) is 0 Å². The van der Waals surface area contributed by atoms with Crippen LogP contribution in [0.4, 0.5) is 0 Å². The van der Waals surface area contributed by atoms with E-state index in [1.165, 1.54) is 0 Å². The summed E-state index contributed by atoms with van der Waals surface area (Å²) in [6.45, 7) is 2.60. The molecule has 0 aromatic rings. The summed E-state index contributed by atoms with van der Waals surface area (Å²) in [6.07, 6.45) is 0.904.